The SMILES string of the molecule is CC(C(=O)N1CCCSCC1)=C1CNC1. The molecule has 2 aliphatic heterocycles. The molecular formula is C11H18N2OS. The maximum absolute atomic E-state index is 12.1. The molecule has 4 heteroatoms. The summed E-state index contributed by atoms with van der Waals surface area (Å²) in [4.78, 5) is 14.1. The minimum Gasteiger partial charge on any atom is -0.338 e. The number of carbonyl (C=O) groups excluding carboxylic acids is 1. The van der Waals surface area contributed by atoms with Gasteiger partial charge in [-0.2, -0.15) is 11.8 Å². The summed E-state index contributed by atoms with van der Waals surface area (Å²) in [6.45, 7) is 5.63. The predicted octanol–water partition coefficient (Wildman–Crippen LogP) is 0.872. The number of thioether (sulfide) groups is 1. The van der Waals surface area contributed by atoms with Crippen molar-refractivity contribution in [3.63, 3.8) is 0 Å². The summed E-state index contributed by atoms with van der Waals surface area (Å²) >= 11 is 1.95. The highest BCUT2D eigenvalue weighted by atomic mass is 32.2. The van der Waals surface area contributed by atoms with Gasteiger partial charge >= 0.3 is 0 Å². The van der Waals surface area contributed by atoms with Crippen LogP contribution in [0.5, 0.6) is 0 Å². The summed E-state index contributed by atoms with van der Waals surface area (Å²) in [5.41, 5.74) is 2.26. The van der Waals surface area contributed by atoms with E-state index in [0.29, 0.717) is 0 Å². The Morgan fingerprint density at radius 3 is 2.80 bits per heavy atom. The van der Waals surface area contributed by atoms with Gasteiger partial charge in [-0.05, 0) is 24.7 Å². The highest BCUT2D eigenvalue weighted by Gasteiger charge is 2.21. The lowest BCUT2D eigenvalue weighted by atomic mass is 10.0. The van der Waals surface area contributed by atoms with Gasteiger partial charge < -0.3 is 10.2 Å². The summed E-state index contributed by atoms with van der Waals surface area (Å²) in [7, 11) is 0. The fourth-order valence-electron chi connectivity index (χ4n) is 1.85. The van der Waals surface area contributed by atoms with Crippen LogP contribution in [0.15, 0.2) is 11.1 Å². The maximum atomic E-state index is 12.1. The van der Waals surface area contributed by atoms with Crippen molar-refractivity contribution < 1.29 is 4.79 Å². The predicted molar refractivity (Wildman–Crippen MR) is 64.1 cm³/mol. The number of rotatable bonds is 1. The summed E-state index contributed by atoms with van der Waals surface area (Å²) in [6, 6.07) is 0. The smallest absolute Gasteiger partial charge is 0.249 e. The first-order valence-corrected chi connectivity index (χ1v) is 6.71. The van der Waals surface area contributed by atoms with Crippen molar-refractivity contribution in [1.82, 2.24) is 10.2 Å². The molecule has 0 aromatic carbocycles. The average Bonchev–Trinajstić information content (AvgIpc) is 2.41. The van der Waals surface area contributed by atoms with Crippen LogP contribution in [0, 0.1) is 0 Å². The van der Waals surface area contributed by atoms with Gasteiger partial charge in [0.15, 0.2) is 0 Å². The van der Waals surface area contributed by atoms with E-state index in [0.717, 1.165) is 43.9 Å². The van der Waals surface area contributed by atoms with Crippen LogP contribution in [0.4, 0.5) is 0 Å². The minimum atomic E-state index is 0.258. The molecule has 0 spiro atoms. The van der Waals surface area contributed by atoms with E-state index in [1.54, 1.807) is 0 Å². The molecule has 3 nitrogen and oxygen atoms in total. The Morgan fingerprint density at radius 2 is 2.13 bits per heavy atom. The Kier molecular flexibility index (Phi) is 3.70. The number of nitrogens with zero attached hydrogens (tertiary/aromatic N) is 1. The Balaban J connectivity index is 1.99. The number of nitrogens with one attached hydrogen (secondary N) is 1. The van der Waals surface area contributed by atoms with Gasteiger partial charge in [0.05, 0.1) is 0 Å². The van der Waals surface area contributed by atoms with E-state index < -0.39 is 0 Å². The van der Waals surface area contributed by atoms with E-state index in [1.807, 2.05) is 23.6 Å². The van der Waals surface area contributed by atoms with Crippen molar-refractivity contribution in [2.45, 2.75) is 13.3 Å². The van der Waals surface area contributed by atoms with Crippen LogP contribution in [-0.2, 0) is 4.79 Å². The van der Waals surface area contributed by atoms with Crippen molar-refractivity contribution in [2.24, 2.45) is 0 Å². The van der Waals surface area contributed by atoms with E-state index in [1.165, 1.54) is 11.3 Å². The van der Waals surface area contributed by atoms with E-state index in [-0.39, 0.29) is 5.91 Å². The molecule has 0 aromatic rings. The van der Waals surface area contributed by atoms with Crippen LogP contribution < -0.4 is 5.32 Å². The number of amides is 1. The lowest BCUT2D eigenvalue weighted by Gasteiger charge is -2.26. The van der Waals surface area contributed by atoms with Crippen molar-refractivity contribution >= 4 is 17.7 Å². The molecule has 1 amide bonds. The third kappa shape index (κ3) is 2.55. The fourth-order valence-corrected chi connectivity index (χ4v) is 2.74. The normalized spacial score (nSPS) is 21.9. The molecule has 0 aromatic heterocycles. The van der Waals surface area contributed by atoms with Crippen LogP contribution in [-0.4, -0.2) is 48.5 Å². The van der Waals surface area contributed by atoms with Crippen molar-refractivity contribution in [1.29, 1.82) is 0 Å². The zero-order chi connectivity index (χ0) is 10.7. The first-order chi connectivity index (χ1) is 7.29. The summed E-state index contributed by atoms with van der Waals surface area (Å²) < 4.78 is 0. The molecule has 2 aliphatic rings. The first-order valence-electron chi connectivity index (χ1n) is 5.55. The molecule has 0 radical (unpaired) electrons. The summed E-state index contributed by atoms with van der Waals surface area (Å²) in [5, 5.41) is 3.18. The van der Waals surface area contributed by atoms with Gasteiger partial charge in [0.2, 0.25) is 5.91 Å². The molecule has 0 saturated carbocycles. The Bertz CT molecular complexity index is 274. The standard InChI is InChI=1S/C11H18N2OS/c1-9(10-7-12-8-10)11(14)13-3-2-5-15-6-4-13/h12H,2-8H2,1H3. The second-order valence-corrected chi connectivity index (χ2v) is 5.31. The minimum absolute atomic E-state index is 0.258. The van der Waals surface area contributed by atoms with E-state index in [4.69, 9.17) is 0 Å². The number of carbonyl (C=O) groups is 1. The molecule has 2 fully saturated rings. The van der Waals surface area contributed by atoms with Crippen LogP contribution in [0.3, 0.4) is 0 Å². The van der Waals surface area contributed by atoms with Crippen LogP contribution in [0.25, 0.3) is 0 Å². The van der Waals surface area contributed by atoms with Crippen LogP contribution in [0.2, 0.25) is 0 Å². The van der Waals surface area contributed by atoms with Crippen molar-refractivity contribution in [2.75, 3.05) is 37.7 Å². The molecule has 2 saturated heterocycles. The maximum Gasteiger partial charge on any atom is 0.249 e. The molecule has 84 valence electrons. The zero-order valence-electron chi connectivity index (χ0n) is 9.21. The molecule has 2 rings (SSSR count). The lowest BCUT2D eigenvalue weighted by Crippen LogP contribution is -2.39. The van der Waals surface area contributed by atoms with Crippen molar-refractivity contribution in [3.8, 4) is 0 Å². The quantitative estimate of drug-likeness (QED) is 0.673. The van der Waals surface area contributed by atoms with Crippen molar-refractivity contribution in [3.05, 3.63) is 11.1 Å². The Morgan fingerprint density at radius 1 is 1.33 bits per heavy atom. The molecule has 0 aliphatic carbocycles. The first kappa shape index (κ1) is 11.0. The Hall–Kier alpha value is -0.480. The van der Waals surface area contributed by atoms with Gasteiger partial charge in [-0.15, -0.1) is 0 Å². The molecule has 2 heterocycles. The van der Waals surface area contributed by atoms with E-state index in [2.05, 4.69) is 5.32 Å². The molecule has 0 unspecified atom stereocenters. The van der Waals surface area contributed by atoms with Gasteiger partial charge in [-0.25, -0.2) is 0 Å². The third-order valence-electron chi connectivity index (χ3n) is 3.04. The highest BCUT2D eigenvalue weighted by Crippen LogP contribution is 2.15. The van der Waals surface area contributed by atoms with Gasteiger partial charge in [-0.3, -0.25) is 4.79 Å². The average molecular weight is 226 g/mol. The topological polar surface area (TPSA) is 32.3 Å². The van der Waals surface area contributed by atoms with E-state index >= 15 is 0 Å². The molecule has 1 N–H and O–H groups in total. The van der Waals surface area contributed by atoms with Crippen LogP contribution in [0.1, 0.15) is 13.3 Å². The van der Waals surface area contributed by atoms with Crippen LogP contribution >= 0.6 is 11.8 Å². The number of hydrogen-bond donors (Lipinski definition) is 1. The lowest BCUT2D eigenvalue weighted by molar-refractivity contribution is -0.126. The third-order valence-corrected chi connectivity index (χ3v) is 4.09. The van der Waals surface area contributed by atoms with Gasteiger partial charge in [0, 0.05) is 37.5 Å². The Labute approximate surface area is 95.3 Å². The highest BCUT2D eigenvalue weighted by molar-refractivity contribution is 7.99. The zero-order valence-corrected chi connectivity index (χ0v) is 10.0. The van der Waals surface area contributed by atoms with Gasteiger partial charge in [0.25, 0.3) is 0 Å². The molecule has 0 bridgehead atoms. The second kappa shape index (κ2) is 5.03. The largest absolute Gasteiger partial charge is 0.338 e. The van der Waals surface area contributed by atoms with Gasteiger partial charge in [0.1, 0.15) is 0 Å². The summed E-state index contributed by atoms with van der Waals surface area (Å²) in [5.74, 6) is 2.54. The molecule has 15 heavy (non-hydrogen) atoms. The molecular weight excluding hydrogens is 208 g/mol. The number of hydrogen-bond acceptors (Lipinski definition) is 3. The van der Waals surface area contributed by atoms with E-state index in [9.17, 15) is 4.79 Å². The monoisotopic (exact) mass is 226 g/mol. The summed E-state index contributed by atoms with van der Waals surface area (Å²) in [6.07, 6.45) is 1.14. The van der Waals surface area contributed by atoms with Gasteiger partial charge in [-0.1, -0.05) is 0 Å². The molecule has 0 atom stereocenters. The fraction of sp³-hybridized carbons (Fsp3) is 0.727. The second-order valence-electron chi connectivity index (χ2n) is 4.09.